The second-order valence-corrected chi connectivity index (χ2v) is 21.9. The predicted octanol–water partition coefficient (Wildman–Crippen LogP) is 9.07. The Morgan fingerprint density at radius 2 is 1.74 bits per heavy atom. The van der Waals surface area contributed by atoms with Crippen molar-refractivity contribution < 1.29 is 14.3 Å². The molecule has 266 valence electrons. The Bertz CT molecular complexity index is 1790. The third-order valence-corrected chi connectivity index (χ3v) is 17.2. The number of ether oxygens (including phenoxy) is 2. The van der Waals surface area contributed by atoms with Gasteiger partial charge < -0.3 is 19.3 Å². The lowest BCUT2D eigenvalue weighted by Crippen LogP contribution is -2.56. The van der Waals surface area contributed by atoms with Crippen molar-refractivity contribution in [3.63, 3.8) is 0 Å². The summed E-state index contributed by atoms with van der Waals surface area (Å²) in [6, 6.07) is 14.9. The van der Waals surface area contributed by atoms with Crippen LogP contribution in [0.1, 0.15) is 97.2 Å². The van der Waals surface area contributed by atoms with Gasteiger partial charge in [0.15, 0.2) is 5.16 Å². The number of anilines is 1. The highest BCUT2D eigenvalue weighted by Crippen LogP contribution is 2.42. The average molecular weight is 712 g/mol. The lowest BCUT2D eigenvalue weighted by Gasteiger charge is -2.42. The van der Waals surface area contributed by atoms with Gasteiger partial charge in [-0.15, -0.1) is 5.54 Å². The van der Waals surface area contributed by atoms with Crippen molar-refractivity contribution >= 4 is 42.5 Å². The highest BCUT2D eigenvalue weighted by atomic mass is 32.2. The van der Waals surface area contributed by atoms with Gasteiger partial charge in [-0.05, 0) is 60.7 Å². The molecule has 1 saturated heterocycles. The summed E-state index contributed by atoms with van der Waals surface area (Å²) in [5, 5.41) is 12.7. The molecule has 8 nitrogen and oxygen atoms in total. The third kappa shape index (κ3) is 7.68. The number of thioether (sulfide) groups is 1. The minimum Gasteiger partial charge on any atom is -0.444 e. The van der Waals surface area contributed by atoms with Crippen LogP contribution in [0, 0.1) is 22.8 Å². The number of benzene rings is 2. The number of nitriles is 1. The number of carbonyl (C=O) groups excluding carboxylic acids is 1. The zero-order valence-corrected chi connectivity index (χ0v) is 33.3. The van der Waals surface area contributed by atoms with Gasteiger partial charge in [0.25, 0.3) is 0 Å². The van der Waals surface area contributed by atoms with E-state index in [0.717, 1.165) is 39.0 Å². The van der Waals surface area contributed by atoms with Gasteiger partial charge in [0.05, 0.1) is 36.9 Å². The number of hydrogen-bond acceptors (Lipinski definition) is 8. The number of amides is 1. The van der Waals surface area contributed by atoms with Crippen molar-refractivity contribution in [2.45, 2.75) is 121 Å². The molecule has 2 aliphatic rings. The topological polar surface area (TPSA) is 91.6 Å². The van der Waals surface area contributed by atoms with Crippen LogP contribution in [0.2, 0.25) is 16.6 Å². The number of fused-ring (bicyclic) bond motifs is 2. The summed E-state index contributed by atoms with van der Waals surface area (Å²) in [6.45, 7) is 21.5. The molecule has 3 heterocycles. The van der Waals surface area contributed by atoms with Crippen molar-refractivity contribution in [1.82, 2.24) is 14.9 Å². The number of piperazine rings is 1. The fourth-order valence-electron chi connectivity index (χ4n) is 8.02. The lowest BCUT2D eigenvalue weighted by molar-refractivity contribution is 0.0140. The molecule has 0 saturated carbocycles. The minimum atomic E-state index is -1.93. The minimum absolute atomic E-state index is 0.191. The number of carbonyl (C=O) groups is 1. The molecule has 2 aliphatic heterocycles. The van der Waals surface area contributed by atoms with E-state index in [1.807, 2.05) is 27.0 Å². The van der Waals surface area contributed by atoms with Crippen LogP contribution in [0.5, 0.6) is 0 Å². The van der Waals surface area contributed by atoms with Gasteiger partial charge in [0.2, 0.25) is 0 Å². The van der Waals surface area contributed by atoms with Crippen LogP contribution in [0.4, 0.5) is 10.6 Å². The van der Waals surface area contributed by atoms with Crippen LogP contribution >= 0.6 is 11.8 Å². The van der Waals surface area contributed by atoms with E-state index in [1.165, 1.54) is 11.8 Å². The third-order valence-electron chi connectivity index (χ3n) is 10.3. The maximum absolute atomic E-state index is 13.1. The van der Waals surface area contributed by atoms with E-state index in [9.17, 15) is 10.1 Å². The van der Waals surface area contributed by atoms with Crippen LogP contribution in [0.25, 0.3) is 10.8 Å². The average Bonchev–Trinajstić information content (AvgIpc) is 3.06. The second-order valence-electron chi connectivity index (χ2n) is 15.5. The zero-order chi connectivity index (χ0) is 36.4. The van der Waals surface area contributed by atoms with Gasteiger partial charge in [-0.1, -0.05) is 89.6 Å². The SMILES string of the molecule is CSc1nc2c(c(N3CCN(C(=O)OC(C)(C)C)[C@@H](CC#N)C3)n1)COC(c1cccc3cccc(C#C[Si](C(C)C)(C(C)C)C(C)C)c13)C2. The first kappa shape index (κ1) is 37.7. The monoisotopic (exact) mass is 711 g/mol. The van der Waals surface area contributed by atoms with Gasteiger partial charge in [0, 0.05) is 42.6 Å². The second kappa shape index (κ2) is 15.4. The highest BCUT2D eigenvalue weighted by molar-refractivity contribution is 7.98. The Hall–Kier alpha value is -3.57. The summed E-state index contributed by atoms with van der Waals surface area (Å²) in [4.78, 5) is 26.9. The Morgan fingerprint density at radius 1 is 1.06 bits per heavy atom. The first-order valence-corrected chi connectivity index (χ1v) is 21.4. The van der Waals surface area contributed by atoms with Crippen molar-refractivity contribution in [3.8, 4) is 17.5 Å². The van der Waals surface area contributed by atoms with E-state index in [0.29, 0.717) is 54.4 Å². The molecule has 0 bridgehead atoms. The molecular formula is C40H53N5O3SSi. The van der Waals surface area contributed by atoms with Crippen LogP contribution in [0.15, 0.2) is 41.6 Å². The highest BCUT2D eigenvalue weighted by Gasteiger charge is 2.42. The zero-order valence-electron chi connectivity index (χ0n) is 31.5. The maximum Gasteiger partial charge on any atom is 0.410 e. The molecule has 5 rings (SSSR count). The molecule has 1 amide bonds. The smallest absolute Gasteiger partial charge is 0.410 e. The summed E-state index contributed by atoms with van der Waals surface area (Å²) in [5.41, 5.74) is 9.14. The fraction of sp³-hybridized carbons (Fsp3) is 0.550. The van der Waals surface area contributed by atoms with E-state index in [1.54, 1.807) is 4.90 Å². The number of aromatic nitrogens is 2. The maximum atomic E-state index is 13.1. The van der Waals surface area contributed by atoms with Crippen molar-refractivity contribution in [1.29, 1.82) is 5.26 Å². The summed E-state index contributed by atoms with van der Waals surface area (Å²) < 4.78 is 12.4. The number of rotatable bonds is 7. The van der Waals surface area contributed by atoms with Gasteiger partial charge >= 0.3 is 6.09 Å². The van der Waals surface area contributed by atoms with Crippen LogP contribution in [-0.2, 0) is 22.5 Å². The van der Waals surface area contributed by atoms with E-state index in [-0.39, 0.29) is 24.7 Å². The normalized spacial score (nSPS) is 18.2. The van der Waals surface area contributed by atoms with Crippen LogP contribution < -0.4 is 4.90 Å². The summed E-state index contributed by atoms with van der Waals surface area (Å²) in [7, 11) is -1.93. The van der Waals surface area contributed by atoms with Crippen LogP contribution in [-0.4, -0.2) is 66.6 Å². The summed E-state index contributed by atoms with van der Waals surface area (Å²) in [5.74, 6) is 4.57. The predicted molar refractivity (Wildman–Crippen MR) is 206 cm³/mol. The van der Waals surface area contributed by atoms with Crippen molar-refractivity contribution in [2.24, 2.45) is 0 Å². The van der Waals surface area contributed by atoms with Crippen LogP contribution in [0.3, 0.4) is 0 Å². The summed E-state index contributed by atoms with van der Waals surface area (Å²) >= 11 is 1.52. The Labute approximate surface area is 304 Å². The molecule has 3 aromatic rings. The molecular weight excluding hydrogens is 659 g/mol. The molecule has 1 aromatic heterocycles. The van der Waals surface area contributed by atoms with E-state index in [2.05, 4.69) is 100 Å². The number of nitrogens with zero attached hydrogens (tertiary/aromatic N) is 5. The molecule has 0 N–H and O–H groups in total. The molecule has 0 aliphatic carbocycles. The molecule has 10 heteroatoms. The van der Waals surface area contributed by atoms with Gasteiger partial charge in [-0.3, -0.25) is 0 Å². The van der Waals surface area contributed by atoms with Crippen molar-refractivity contribution in [2.75, 3.05) is 30.8 Å². The van der Waals surface area contributed by atoms with E-state index < -0.39 is 13.7 Å². The first-order chi connectivity index (χ1) is 23.7. The van der Waals surface area contributed by atoms with Crippen molar-refractivity contribution in [3.05, 3.63) is 58.8 Å². The van der Waals surface area contributed by atoms with E-state index >= 15 is 0 Å². The van der Waals surface area contributed by atoms with Gasteiger partial charge in [-0.2, -0.15) is 5.26 Å². The lowest BCUT2D eigenvalue weighted by atomic mass is 9.92. The Morgan fingerprint density at radius 3 is 2.36 bits per heavy atom. The van der Waals surface area contributed by atoms with Gasteiger partial charge in [-0.25, -0.2) is 14.8 Å². The molecule has 0 radical (unpaired) electrons. The molecule has 2 atom stereocenters. The molecule has 1 unspecified atom stereocenters. The van der Waals surface area contributed by atoms with E-state index in [4.69, 9.17) is 19.4 Å². The molecule has 50 heavy (non-hydrogen) atoms. The Balaban J connectivity index is 1.50. The molecule has 1 fully saturated rings. The standard InChI is InChI=1S/C40H53N5O3SSi/c1-26(2)50(27(3)4,28(5)6)22-18-30-14-11-13-29-15-12-16-32(36(29)30)35-23-34-33(25-47-35)37(43-38(42-34)49-10)44-20-21-45(31(24-44)17-19-41)39(46)48-40(7,8)9/h11-16,26-28,31,35H,17,20-21,23-25H2,1-10H3/t31-,35?/m0/s1. The summed E-state index contributed by atoms with van der Waals surface area (Å²) in [6.07, 6.45) is 2.23. The molecule has 0 spiro atoms. The fourth-order valence-corrected chi connectivity index (χ4v) is 13.6. The first-order valence-electron chi connectivity index (χ1n) is 17.9. The van der Waals surface area contributed by atoms with Gasteiger partial charge in [0.1, 0.15) is 19.5 Å². The largest absolute Gasteiger partial charge is 0.444 e. The quantitative estimate of drug-likeness (QED) is 0.104. The molecule has 2 aromatic carbocycles. The number of hydrogen-bond donors (Lipinski definition) is 0. The Kier molecular flexibility index (Phi) is 11.6.